The van der Waals surface area contributed by atoms with E-state index in [0.717, 1.165) is 11.1 Å². The number of hydrogen-bond acceptors (Lipinski definition) is 3. The Bertz CT molecular complexity index is 652. The van der Waals surface area contributed by atoms with Crippen LogP contribution in [0.1, 0.15) is 11.1 Å². The molecular weight excluding hydrogens is 252 g/mol. The Labute approximate surface area is 116 Å². The molecule has 1 atom stereocenters. The van der Waals surface area contributed by atoms with Crippen LogP contribution < -0.4 is 5.73 Å². The third-order valence-corrected chi connectivity index (χ3v) is 3.63. The van der Waals surface area contributed by atoms with Crippen LogP contribution in [0.4, 0.5) is 0 Å². The van der Waals surface area contributed by atoms with Gasteiger partial charge in [-0.3, -0.25) is 4.79 Å². The summed E-state index contributed by atoms with van der Waals surface area (Å²) in [6, 6.07) is 20.3. The zero-order valence-electron chi connectivity index (χ0n) is 10.6. The molecule has 1 aliphatic rings. The van der Waals surface area contributed by atoms with Crippen LogP contribution in [0.3, 0.4) is 0 Å². The summed E-state index contributed by atoms with van der Waals surface area (Å²) in [5.41, 5.74) is 4.13. The molecule has 1 heterocycles. The number of epoxide rings is 1. The van der Waals surface area contributed by atoms with E-state index >= 15 is 0 Å². The number of rotatable bonds is 3. The van der Waals surface area contributed by atoms with Gasteiger partial charge in [0.1, 0.15) is 6.07 Å². The predicted molar refractivity (Wildman–Crippen MR) is 72.3 cm³/mol. The number of nitriles is 1. The van der Waals surface area contributed by atoms with Crippen molar-refractivity contribution in [2.24, 2.45) is 5.73 Å². The lowest BCUT2D eigenvalue weighted by Gasteiger charge is -2.15. The highest BCUT2D eigenvalue weighted by Crippen LogP contribution is 2.59. The van der Waals surface area contributed by atoms with Crippen LogP contribution in [0.5, 0.6) is 0 Å². The van der Waals surface area contributed by atoms with Crippen LogP contribution in [-0.2, 0) is 15.1 Å². The van der Waals surface area contributed by atoms with Crippen molar-refractivity contribution >= 4 is 5.91 Å². The molecule has 0 saturated carbocycles. The van der Waals surface area contributed by atoms with Gasteiger partial charge in [-0.25, -0.2) is 0 Å². The molecule has 1 unspecified atom stereocenters. The molecule has 0 aliphatic carbocycles. The minimum Gasteiger partial charge on any atom is -0.366 e. The van der Waals surface area contributed by atoms with E-state index in [1.807, 2.05) is 66.7 Å². The van der Waals surface area contributed by atoms with Gasteiger partial charge in [-0.15, -0.1) is 0 Å². The Hall–Kier alpha value is -2.64. The number of benzene rings is 2. The lowest BCUT2D eigenvalue weighted by Crippen LogP contribution is -2.37. The van der Waals surface area contributed by atoms with Gasteiger partial charge in [0.25, 0.3) is 11.5 Å². The SMILES string of the molecule is N#CC1(C(N)=O)OC1(c1ccccc1)c1ccccc1. The van der Waals surface area contributed by atoms with Gasteiger partial charge in [0, 0.05) is 0 Å². The molecule has 2 N–H and O–H groups in total. The van der Waals surface area contributed by atoms with Crippen molar-refractivity contribution < 1.29 is 9.53 Å². The van der Waals surface area contributed by atoms with Gasteiger partial charge in [-0.1, -0.05) is 60.7 Å². The molecule has 98 valence electrons. The van der Waals surface area contributed by atoms with Crippen molar-refractivity contribution in [3.8, 4) is 6.07 Å². The number of amides is 1. The number of ether oxygens (including phenoxy) is 1. The number of hydrogen-bond donors (Lipinski definition) is 1. The fourth-order valence-electron chi connectivity index (χ4n) is 2.62. The first-order valence-electron chi connectivity index (χ1n) is 6.20. The number of nitrogens with two attached hydrogens (primary N) is 1. The van der Waals surface area contributed by atoms with Gasteiger partial charge in [-0.2, -0.15) is 5.26 Å². The summed E-state index contributed by atoms with van der Waals surface area (Å²) in [5.74, 6) is -0.771. The fraction of sp³-hybridized carbons (Fsp3) is 0.125. The second-order valence-electron chi connectivity index (χ2n) is 4.67. The largest absolute Gasteiger partial charge is 0.366 e. The first-order chi connectivity index (χ1) is 9.67. The molecule has 0 spiro atoms. The Morgan fingerprint density at radius 2 is 1.45 bits per heavy atom. The van der Waals surface area contributed by atoms with Crippen LogP contribution in [0.2, 0.25) is 0 Å². The molecule has 1 aliphatic heterocycles. The van der Waals surface area contributed by atoms with Crippen molar-refractivity contribution in [1.29, 1.82) is 5.26 Å². The Kier molecular flexibility index (Phi) is 2.60. The molecule has 0 radical (unpaired) electrons. The summed E-state index contributed by atoms with van der Waals surface area (Å²) in [5, 5.41) is 9.41. The first kappa shape index (κ1) is 12.4. The van der Waals surface area contributed by atoms with Crippen LogP contribution >= 0.6 is 0 Å². The topological polar surface area (TPSA) is 79.4 Å². The van der Waals surface area contributed by atoms with Gasteiger partial charge in [0.2, 0.25) is 0 Å². The molecule has 2 aromatic carbocycles. The number of primary amides is 1. The van der Waals surface area contributed by atoms with Crippen LogP contribution in [0.15, 0.2) is 60.7 Å². The molecule has 20 heavy (non-hydrogen) atoms. The quantitative estimate of drug-likeness (QED) is 0.857. The third kappa shape index (κ3) is 1.41. The number of carbonyl (C=O) groups excluding carboxylic acids is 1. The zero-order chi connectivity index (χ0) is 14.2. The number of nitrogens with zero attached hydrogens (tertiary/aromatic N) is 1. The molecule has 3 rings (SSSR count). The van der Waals surface area contributed by atoms with E-state index in [4.69, 9.17) is 10.5 Å². The molecule has 4 heteroatoms. The summed E-state index contributed by atoms with van der Waals surface area (Å²) in [7, 11) is 0. The lowest BCUT2D eigenvalue weighted by molar-refractivity contribution is -0.121. The first-order valence-corrected chi connectivity index (χ1v) is 6.20. The van der Waals surface area contributed by atoms with Gasteiger partial charge < -0.3 is 10.5 Å². The second kappa shape index (κ2) is 4.19. The fourth-order valence-corrected chi connectivity index (χ4v) is 2.62. The average Bonchev–Trinajstić information content (AvgIpc) is 3.21. The van der Waals surface area contributed by atoms with E-state index < -0.39 is 17.1 Å². The highest BCUT2D eigenvalue weighted by molar-refractivity contribution is 5.93. The molecule has 1 amide bonds. The van der Waals surface area contributed by atoms with Crippen molar-refractivity contribution in [3.63, 3.8) is 0 Å². The van der Waals surface area contributed by atoms with Crippen molar-refractivity contribution in [3.05, 3.63) is 71.8 Å². The van der Waals surface area contributed by atoms with Gasteiger partial charge >= 0.3 is 0 Å². The lowest BCUT2D eigenvalue weighted by atomic mass is 9.81. The van der Waals surface area contributed by atoms with E-state index in [-0.39, 0.29) is 0 Å². The molecule has 0 aromatic heterocycles. The van der Waals surface area contributed by atoms with Crippen LogP contribution in [-0.4, -0.2) is 11.5 Å². The van der Waals surface area contributed by atoms with Gasteiger partial charge in [-0.05, 0) is 11.1 Å². The molecular formula is C16H12N2O2. The normalized spacial score (nSPS) is 22.8. The number of carbonyl (C=O) groups is 1. The summed E-state index contributed by atoms with van der Waals surface area (Å²) >= 11 is 0. The standard InChI is InChI=1S/C16H12N2O2/c17-11-15(14(18)19)16(20-15,12-7-3-1-4-8-12)13-9-5-2-6-10-13/h1-10H,(H2,18,19). The average molecular weight is 264 g/mol. The predicted octanol–water partition coefficient (Wildman–Crippen LogP) is 1.71. The van der Waals surface area contributed by atoms with E-state index in [1.165, 1.54) is 0 Å². The zero-order valence-corrected chi connectivity index (χ0v) is 10.6. The Balaban J connectivity index is 2.23. The monoisotopic (exact) mass is 264 g/mol. The minimum absolute atomic E-state index is 0.742. The molecule has 4 nitrogen and oxygen atoms in total. The Morgan fingerprint density at radius 3 is 1.75 bits per heavy atom. The van der Waals surface area contributed by atoms with E-state index in [2.05, 4.69) is 0 Å². The van der Waals surface area contributed by atoms with Gasteiger partial charge in [0.15, 0.2) is 5.60 Å². The summed E-state index contributed by atoms with van der Waals surface area (Å²) in [4.78, 5) is 11.8. The Morgan fingerprint density at radius 1 is 1.00 bits per heavy atom. The third-order valence-electron chi connectivity index (χ3n) is 3.63. The smallest absolute Gasteiger partial charge is 0.271 e. The van der Waals surface area contributed by atoms with E-state index in [1.54, 1.807) is 0 Å². The van der Waals surface area contributed by atoms with E-state index in [0.29, 0.717) is 0 Å². The summed E-state index contributed by atoms with van der Waals surface area (Å²) in [6.07, 6.45) is 0. The van der Waals surface area contributed by atoms with Crippen LogP contribution in [0, 0.1) is 11.3 Å². The maximum Gasteiger partial charge on any atom is 0.271 e. The second-order valence-corrected chi connectivity index (χ2v) is 4.67. The molecule has 2 aromatic rings. The van der Waals surface area contributed by atoms with Crippen molar-refractivity contribution in [1.82, 2.24) is 0 Å². The van der Waals surface area contributed by atoms with E-state index in [9.17, 15) is 10.1 Å². The van der Waals surface area contributed by atoms with Crippen molar-refractivity contribution in [2.75, 3.05) is 0 Å². The highest BCUT2D eigenvalue weighted by atomic mass is 16.6. The summed E-state index contributed by atoms with van der Waals surface area (Å²) in [6.45, 7) is 0. The maximum absolute atomic E-state index is 11.8. The maximum atomic E-state index is 11.8. The highest BCUT2D eigenvalue weighted by Gasteiger charge is 2.77. The molecule has 0 bridgehead atoms. The minimum atomic E-state index is -1.64. The molecule has 1 fully saturated rings. The van der Waals surface area contributed by atoms with Crippen molar-refractivity contribution in [2.45, 2.75) is 11.2 Å². The van der Waals surface area contributed by atoms with Gasteiger partial charge in [0.05, 0.1) is 0 Å². The molecule has 1 saturated heterocycles. The van der Waals surface area contributed by atoms with Crippen LogP contribution in [0.25, 0.3) is 0 Å². The summed E-state index contributed by atoms with van der Waals surface area (Å²) < 4.78 is 5.64.